The monoisotopic (exact) mass is 670 g/mol. The van der Waals surface area contributed by atoms with E-state index in [1.54, 1.807) is 26.0 Å². The summed E-state index contributed by atoms with van der Waals surface area (Å²) in [6, 6.07) is 11.6. The van der Waals surface area contributed by atoms with Crippen LogP contribution >= 0.6 is 7.75 Å². The van der Waals surface area contributed by atoms with E-state index in [0.29, 0.717) is 5.39 Å². The van der Waals surface area contributed by atoms with Gasteiger partial charge in [-0.15, -0.1) is 0 Å². The Balaban J connectivity index is 1.28. The average molecular weight is 671 g/mol. The number of methoxy groups -OCH3 is 1. The molecule has 5 N–H and O–H groups in total. The molecule has 252 valence electrons. The van der Waals surface area contributed by atoms with Crippen molar-refractivity contribution in [2.45, 2.75) is 76.2 Å². The number of aliphatic hydroxyl groups excluding tert-OH is 1. The van der Waals surface area contributed by atoms with E-state index in [2.05, 4.69) is 20.0 Å². The van der Waals surface area contributed by atoms with Crippen molar-refractivity contribution in [3.8, 4) is 11.6 Å². The molecule has 2 aromatic heterocycles. The molecule has 0 radical (unpaired) electrons. The van der Waals surface area contributed by atoms with Gasteiger partial charge in [0.1, 0.15) is 35.7 Å². The van der Waals surface area contributed by atoms with Crippen molar-refractivity contribution in [2.24, 2.45) is 5.92 Å². The summed E-state index contributed by atoms with van der Waals surface area (Å²) in [7, 11) is -2.99. The number of carbonyl (C=O) groups excluding carboxylic acids is 1. The Morgan fingerprint density at radius 3 is 2.66 bits per heavy atom. The van der Waals surface area contributed by atoms with E-state index in [4.69, 9.17) is 29.0 Å². The Morgan fingerprint density at radius 2 is 1.96 bits per heavy atom. The average Bonchev–Trinajstić information content (AvgIpc) is 3.53. The third-order valence-corrected chi connectivity index (χ3v) is 10.1. The molecule has 1 saturated carbocycles. The molecule has 6 rings (SSSR count). The number of ether oxygens (including phenoxy) is 3. The van der Waals surface area contributed by atoms with E-state index >= 15 is 0 Å². The molecule has 4 aromatic rings. The molecule has 2 fully saturated rings. The van der Waals surface area contributed by atoms with Crippen molar-refractivity contribution >= 4 is 41.6 Å². The molecule has 0 bridgehead atoms. The number of esters is 1. The largest absolute Gasteiger partial charge is 0.479 e. The van der Waals surface area contributed by atoms with Crippen LogP contribution in [-0.2, 0) is 23.4 Å². The summed E-state index contributed by atoms with van der Waals surface area (Å²) < 4.78 is 45.1. The third kappa shape index (κ3) is 6.51. The second-order valence-electron chi connectivity index (χ2n) is 12.3. The SMILES string of the molecule is COc1nc(N)nc2c1ncn2C1O[C@H](COP(=O)(NC(C(=O)OC2CCC2)C(C)C)Oc2cccc3ccccc23)[C@@H](O)[C@@]1(C)O. The lowest BCUT2D eigenvalue weighted by molar-refractivity contribution is -0.156. The Labute approximate surface area is 270 Å². The van der Waals surface area contributed by atoms with Crippen LogP contribution in [0, 0.1) is 5.92 Å². The highest BCUT2D eigenvalue weighted by Crippen LogP contribution is 2.49. The zero-order chi connectivity index (χ0) is 33.5. The highest BCUT2D eigenvalue weighted by atomic mass is 31.2. The fourth-order valence-corrected chi connectivity index (χ4v) is 7.32. The molecule has 16 heteroatoms. The number of benzene rings is 2. The molecule has 15 nitrogen and oxygen atoms in total. The van der Waals surface area contributed by atoms with Gasteiger partial charge in [0.05, 0.1) is 20.0 Å². The highest BCUT2D eigenvalue weighted by molar-refractivity contribution is 7.52. The van der Waals surface area contributed by atoms with Crippen molar-refractivity contribution < 1.29 is 42.8 Å². The second-order valence-corrected chi connectivity index (χ2v) is 14.0. The molecule has 2 aromatic carbocycles. The molecule has 1 aliphatic carbocycles. The van der Waals surface area contributed by atoms with Crippen LogP contribution in [0.2, 0.25) is 0 Å². The first-order valence-electron chi connectivity index (χ1n) is 15.4. The van der Waals surface area contributed by atoms with E-state index in [9.17, 15) is 19.6 Å². The minimum Gasteiger partial charge on any atom is -0.479 e. The van der Waals surface area contributed by atoms with Gasteiger partial charge in [0.2, 0.25) is 11.8 Å². The molecule has 0 amide bonds. The molecular formula is C31H39N6O9P. The smallest absolute Gasteiger partial charge is 0.459 e. The van der Waals surface area contributed by atoms with Gasteiger partial charge in [0.15, 0.2) is 17.4 Å². The van der Waals surface area contributed by atoms with Crippen molar-refractivity contribution in [1.82, 2.24) is 24.6 Å². The zero-order valence-electron chi connectivity index (χ0n) is 26.5. The van der Waals surface area contributed by atoms with Crippen molar-refractivity contribution in [3.63, 3.8) is 0 Å². The van der Waals surface area contributed by atoms with Gasteiger partial charge < -0.3 is 34.7 Å². The lowest BCUT2D eigenvalue weighted by Crippen LogP contribution is -2.45. The highest BCUT2D eigenvalue weighted by Gasteiger charge is 2.54. The fourth-order valence-electron chi connectivity index (χ4n) is 5.64. The summed E-state index contributed by atoms with van der Waals surface area (Å²) in [6.07, 6.45) is -0.276. The van der Waals surface area contributed by atoms with Crippen LogP contribution in [0.15, 0.2) is 48.8 Å². The molecule has 1 aliphatic heterocycles. The lowest BCUT2D eigenvalue weighted by atomic mass is 9.96. The number of carbonyl (C=O) groups is 1. The number of anilines is 1. The van der Waals surface area contributed by atoms with Crippen molar-refractivity contribution in [2.75, 3.05) is 19.5 Å². The maximum atomic E-state index is 14.6. The summed E-state index contributed by atoms with van der Waals surface area (Å²) >= 11 is 0. The molecular weight excluding hydrogens is 631 g/mol. The third-order valence-electron chi connectivity index (χ3n) is 8.54. The topological polar surface area (TPSA) is 202 Å². The summed E-state index contributed by atoms with van der Waals surface area (Å²) in [5, 5.41) is 27.0. The van der Waals surface area contributed by atoms with Crippen LogP contribution in [0.4, 0.5) is 5.95 Å². The Morgan fingerprint density at radius 1 is 1.21 bits per heavy atom. The molecule has 3 heterocycles. The van der Waals surface area contributed by atoms with E-state index in [0.717, 1.165) is 24.6 Å². The Bertz CT molecular complexity index is 1810. The molecule has 0 spiro atoms. The number of aliphatic hydroxyl groups is 2. The van der Waals surface area contributed by atoms with Gasteiger partial charge in [-0.1, -0.05) is 50.2 Å². The quantitative estimate of drug-likeness (QED) is 0.126. The fraction of sp³-hybridized carbons (Fsp3) is 0.484. The van der Waals surface area contributed by atoms with Crippen LogP contribution in [0.25, 0.3) is 21.9 Å². The second kappa shape index (κ2) is 13.0. The number of hydrogen-bond donors (Lipinski definition) is 4. The van der Waals surface area contributed by atoms with Gasteiger partial charge in [-0.25, -0.2) is 9.55 Å². The zero-order valence-corrected chi connectivity index (χ0v) is 27.4. The van der Waals surface area contributed by atoms with E-state index in [-0.39, 0.29) is 40.8 Å². The predicted molar refractivity (Wildman–Crippen MR) is 170 cm³/mol. The summed E-state index contributed by atoms with van der Waals surface area (Å²) in [5.74, 6) is -0.642. The lowest BCUT2D eigenvalue weighted by Gasteiger charge is -2.31. The van der Waals surface area contributed by atoms with Gasteiger partial charge in [0, 0.05) is 5.39 Å². The van der Waals surface area contributed by atoms with Crippen LogP contribution in [0.5, 0.6) is 11.6 Å². The molecule has 3 unspecified atom stereocenters. The number of rotatable bonds is 12. The van der Waals surface area contributed by atoms with Gasteiger partial charge >= 0.3 is 13.7 Å². The van der Waals surface area contributed by atoms with Gasteiger partial charge in [-0.05, 0) is 43.6 Å². The number of nitrogens with one attached hydrogen (secondary N) is 1. The van der Waals surface area contributed by atoms with Gasteiger partial charge in [-0.2, -0.15) is 15.1 Å². The predicted octanol–water partition coefficient (Wildman–Crippen LogP) is 3.49. The van der Waals surface area contributed by atoms with Crippen molar-refractivity contribution in [1.29, 1.82) is 0 Å². The van der Waals surface area contributed by atoms with E-state index in [1.165, 1.54) is 24.9 Å². The number of nitrogens with zero attached hydrogens (tertiary/aromatic N) is 4. The van der Waals surface area contributed by atoms with Gasteiger partial charge in [-0.3, -0.25) is 13.9 Å². The Kier molecular flexibility index (Phi) is 9.13. The minimum atomic E-state index is -4.40. The molecule has 2 aliphatic rings. The molecule has 1 saturated heterocycles. The normalized spacial score (nSPS) is 25.0. The van der Waals surface area contributed by atoms with Crippen LogP contribution in [0.1, 0.15) is 46.3 Å². The van der Waals surface area contributed by atoms with Crippen LogP contribution in [0.3, 0.4) is 0 Å². The van der Waals surface area contributed by atoms with E-state index < -0.39 is 50.4 Å². The number of nitrogens with two attached hydrogens (primary N) is 1. The standard InChI is InChI=1S/C31H39N6O9P/c1-17(2)23(28(39)44-19-11-8-12-19)36-47(41,46-21-14-7-10-18-9-5-6-13-20(18)21)43-15-22-25(38)31(3,40)29(45-22)37-16-33-24-26(37)34-30(32)35-27(24)42-4/h5-7,9-10,13-14,16-17,19,22-23,25,29,38,40H,8,11-12,15H2,1-4H3,(H,36,41)(H2,32,34,35)/t22-,23?,25-,29?,31-,47?/m1/s1. The minimum absolute atomic E-state index is 0.0951. The van der Waals surface area contributed by atoms with Crippen molar-refractivity contribution in [3.05, 3.63) is 48.8 Å². The number of nitrogen functional groups attached to an aromatic ring is 1. The molecule has 47 heavy (non-hydrogen) atoms. The van der Waals surface area contributed by atoms with Crippen LogP contribution < -0.4 is 20.1 Å². The summed E-state index contributed by atoms with van der Waals surface area (Å²) in [4.78, 5) is 25.7. The first-order chi connectivity index (χ1) is 22.4. The number of fused-ring (bicyclic) bond motifs is 2. The number of hydrogen-bond acceptors (Lipinski definition) is 13. The maximum Gasteiger partial charge on any atom is 0.459 e. The first-order valence-corrected chi connectivity index (χ1v) is 16.9. The first kappa shape index (κ1) is 33.1. The molecule has 6 atom stereocenters. The Hall–Kier alpha value is -3.85. The number of imidazole rings is 1. The summed E-state index contributed by atoms with van der Waals surface area (Å²) in [6.45, 7) is 4.45. The van der Waals surface area contributed by atoms with E-state index in [1.807, 2.05) is 30.3 Å². The van der Waals surface area contributed by atoms with Crippen LogP contribution in [-0.4, -0.2) is 79.4 Å². The summed E-state index contributed by atoms with van der Waals surface area (Å²) in [5.41, 5.74) is 4.43. The van der Waals surface area contributed by atoms with Gasteiger partial charge in [0.25, 0.3) is 0 Å². The maximum absolute atomic E-state index is 14.6. The number of aromatic nitrogens is 4.